The Morgan fingerprint density at radius 2 is 2.09 bits per heavy atom. The van der Waals surface area contributed by atoms with Crippen LogP contribution in [0.3, 0.4) is 0 Å². The molecule has 124 valence electrons. The zero-order chi connectivity index (χ0) is 17.0. The fraction of sp³-hybridized carbons (Fsp3) is 0.267. The first-order chi connectivity index (χ1) is 10.8. The number of carbonyl (C=O) groups excluding carboxylic acids is 1. The quantitative estimate of drug-likeness (QED) is 0.889. The second-order valence-electron chi connectivity index (χ2n) is 4.88. The van der Waals surface area contributed by atoms with Gasteiger partial charge in [0.1, 0.15) is 5.76 Å². The van der Waals surface area contributed by atoms with Crippen LogP contribution >= 0.6 is 11.6 Å². The fourth-order valence-corrected chi connectivity index (χ4v) is 2.11. The number of likely N-dealkylation sites (N-methyl/N-ethyl adjacent to an activating group) is 1. The third kappa shape index (κ3) is 4.66. The fourth-order valence-electron chi connectivity index (χ4n) is 1.89. The van der Waals surface area contributed by atoms with Crippen molar-refractivity contribution >= 4 is 23.2 Å². The third-order valence-electron chi connectivity index (χ3n) is 3.11. The summed E-state index contributed by atoms with van der Waals surface area (Å²) in [5, 5.41) is 2.28. The van der Waals surface area contributed by atoms with Gasteiger partial charge in [-0.3, -0.25) is 4.79 Å². The Morgan fingerprint density at radius 1 is 1.35 bits per heavy atom. The van der Waals surface area contributed by atoms with Gasteiger partial charge in [0, 0.05) is 12.7 Å². The Hall–Kier alpha value is -2.15. The van der Waals surface area contributed by atoms with E-state index in [1.54, 1.807) is 19.2 Å². The van der Waals surface area contributed by atoms with Crippen LogP contribution in [-0.2, 0) is 17.5 Å². The highest BCUT2D eigenvalue weighted by Crippen LogP contribution is 2.36. The summed E-state index contributed by atoms with van der Waals surface area (Å²) in [5.41, 5.74) is -0.776. The van der Waals surface area contributed by atoms with Crippen LogP contribution in [0, 0.1) is 0 Å². The minimum Gasteiger partial charge on any atom is -0.467 e. The van der Waals surface area contributed by atoms with E-state index >= 15 is 0 Å². The van der Waals surface area contributed by atoms with Gasteiger partial charge >= 0.3 is 6.18 Å². The molecule has 0 aliphatic heterocycles. The molecule has 1 N–H and O–H groups in total. The van der Waals surface area contributed by atoms with E-state index in [9.17, 15) is 18.0 Å². The van der Waals surface area contributed by atoms with E-state index in [-0.39, 0.29) is 29.7 Å². The highest BCUT2D eigenvalue weighted by Gasteiger charge is 2.33. The molecule has 0 saturated carbocycles. The lowest BCUT2D eigenvalue weighted by molar-refractivity contribution is -0.137. The number of rotatable bonds is 5. The minimum absolute atomic E-state index is 0.143. The lowest BCUT2D eigenvalue weighted by Crippen LogP contribution is -2.31. The standard InChI is InChI=1S/C15H14ClF3N2O2/c1-21(9-11-3-2-6-23-11)14(22)8-20-10-4-5-13(16)12(7-10)15(17,18)19/h2-7,20H,8-9H2,1H3. The number of nitrogens with zero attached hydrogens (tertiary/aromatic N) is 1. The summed E-state index contributed by atoms with van der Waals surface area (Å²) in [7, 11) is 1.58. The van der Waals surface area contributed by atoms with Crippen LogP contribution < -0.4 is 5.32 Å². The highest BCUT2D eigenvalue weighted by atomic mass is 35.5. The number of carbonyl (C=O) groups is 1. The third-order valence-corrected chi connectivity index (χ3v) is 3.44. The lowest BCUT2D eigenvalue weighted by Gasteiger charge is -2.17. The Balaban J connectivity index is 1.96. The predicted octanol–water partition coefficient (Wildman–Crippen LogP) is 4.02. The number of hydrogen-bond acceptors (Lipinski definition) is 3. The normalized spacial score (nSPS) is 11.3. The van der Waals surface area contributed by atoms with Gasteiger partial charge in [0.05, 0.1) is 29.9 Å². The van der Waals surface area contributed by atoms with Crippen molar-refractivity contribution < 1.29 is 22.4 Å². The summed E-state index contributed by atoms with van der Waals surface area (Å²) in [6.45, 7) is 0.137. The Labute approximate surface area is 135 Å². The van der Waals surface area contributed by atoms with Crippen LogP contribution in [0.2, 0.25) is 5.02 Å². The molecule has 23 heavy (non-hydrogen) atoms. The molecule has 0 bridgehead atoms. The SMILES string of the molecule is CN(Cc1ccco1)C(=O)CNc1ccc(Cl)c(C(F)(F)F)c1. The second kappa shape index (κ2) is 6.95. The van der Waals surface area contributed by atoms with Crippen molar-refractivity contribution in [1.29, 1.82) is 0 Å². The Kier molecular flexibility index (Phi) is 5.20. The van der Waals surface area contributed by atoms with E-state index < -0.39 is 11.7 Å². The molecule has 0 radical (unpaired) electrons. The first-order valence-corrected chi connectivity index (χ1v) is 7.02. The van der Waals surface area contributed by atoms with Gasteiger partial charge in [0.25, 0.3) is 0 Å². The van der Waals surface area contributed by atoms with Gasteiger partial charge in [0.15, 0.2) is 0 Å². The van der Waals surface area contributed by atoms with E-state index in [1.165, 1.54) is 17.2 Å². The van der Waals surface area contributed by atoms with E-state index in [1.807, 2.05) is 0 Å². The largest absolute Gasteiger partial charge is 0.467 e. The number of benzene rings is 1. The molecule has 2 rings (SSSR count). The van der Waals surface area contributed by atoms with Gasteiger partial charge in [0.2, 0.25) is 5.91 Å². The summed E-state index contributed by atoms with van der Waals surface area (Å²) in [6.07, 6.45) is -3.05. The van der Waals surface area contributed by atoms with Crippen molar-refractivity contribution in [2.24, 2.45) is 0 Å². The topological polar surface area (TPSA) is 45.5 Å². The molecule has 4 nitrogen and oxygen atoms in total. The smallest absolute Gasteiger partial charge is 0.417 e. The van der Waals surface area contributed by atoms with Crippen LogP contribution in [0.1, 0.15) is 11.3 Å². The van der Waals surface area contributed by atoms with Crippen LogP contribution in [0.25, 0.3) is 0 Å². The highest BCUT2D eigenvalue weighted by molar-refractivity contribution is 6.31. The molecule has 0 atom stereocenters. The van der Waals surface area contributed by atoms with Crippen LogP contribution in [-0.4, -0.2) is 24.4 Å². The molecule has 0 spiro atoms. The van der Waals surface area contributed by atoms with E-state index in [0.29, 0.717) is 5.76 Å². The van der Waals surface area contributed by atoms with Gasteiger partial charge in [-0.2, -0.15) is 13.2 Å². The van der Waals surface area contributed by atoms with Crippen molar-refractivity contribution in [2.45, 2.75) is 12.7 Å². The number of hydrogen-bond donors (Lipinski definition) is 1. The predicted molar refractivity (Wildman–Crippen MR) is 80.1 cm³/mol. The van der Waals surface area contributed by atoms with E-state index in [0.717, 1.165) is 12.1 Å². The van der Waals surface area contributed by atoms with Crippen molar-refractivity contribution in [3.63, 3.8) is 0 Å². The molecule has 0 aliphatic rings. The van der Waals surface area contributed by atoms with Gasteiger partial charge in [-0.05, 0) is 30.3 Å². The zero-order valence-corrected chi connectivity index (χ0v) is 12.9. The summed E-state index contributed by atoms with van der Waals surface area (Å²) in [5.74, 6) is 0.330. The average molecular weight is 347 g/mol. The van der Waals surface area contributed by atoms with E-state index in [2.05, 4.69) is 5.32 Å². The second-order valence-corrected chi connectivity index (χ2v) is 5.28. The molecule has 1 aromatic heterocycles. The average Bonchev–Trinajstić information content (AvgIpc) is 2.97. The maximum absolute atomic E-state index is 12.8. The van der Waals surface area contributed by atoms with Crippen molar-refractivity contribution in [2.75, 3.05) is 18.9 Å². The van der Waals surface area contributed by atoms with Gasteiger partial charge in [-0.15, -0.1) is 0 Å². The van der Waals surface area contributed by atoms with Crippen LogP contribution in [0.5, 0.6) is 0 Å². The monoisotopic (exact) mass is 346 g/mol. The first kappa shape index (κ1) is 17.2. The Morgan fingerprint density at radius 3 is 2.70 bits per heavy atom. The van der Waals surface area contributed by atoms with Gasteiger partial charge in [-0.25, -0.2) is 0 Å². The van der Waals surface area contributed by atoms with Crippen LogP contribution in [0.15, 0.2) is 41.0 Å². The van der Waals surface area contributed by atoms with Gasteiger partial charge < -0.3 is 14.6 Å². The molecule has 8 heteroatoms. The molecule has 2 aromatic rings. The molecule has 0 aliphatic carbocycles. The molecule has 0 unspecified atom stereocenters. The molecule has 1 heterocycles. The summed E-state index contributed by atoms with van der Waals surface area (Å²) in [4.78, 5) is 13.4. The molecular weight excluding hydrogens is 333 g/mol. The number of amides is 1. The summed E-state index contributed by atoms with van der Waals surface area (Å²) in [6, 6.07) is 6.84. The minimum atomic E-state index is -4.55. The van der Waals surface area contributed by atoms with Crippen molar-refractivity contribution in [3.05, 3.63) is 52.9 Å². The maximum atomic E-state index is 12.8. The number of anilines is 1. The van der Waals surface area contributed by atoms with Gasteiger partial charge in [-0.1, -0.05) is 11.6 Å². The lowest BCUT2D eigenvalue weighted by atomic mass is 10.2. The molecule has 1 aromatic carbocycles. The summed E-state index contributed by atoms with van der Waals surface area (Å²) < 4.78 is 43.4. The number of furan rings is 1. The maximum Gasteiger partial charge on any atom is 0.417 e. The summed E-state index contributed by atoms with van der Waals surface area (Å²) >= 11 is 5.54. The van der Waals surface area contributed by atoms with Crippen molar-refractivity contribution in [1.82, 2.24) is 4.90 Å². The van der Waals surface area contributed by atoms with E-state index in [4.69, 9.17) is 16.0 Å². The first-order valence-electron chi connectivity index (χ1n) is 6.64. The number of alkyl halides is 3. The number of nitrogens with one attached hydrogen (secondary N) is 1. The molecular formula is C15H14ClF3N2O2. The zero-order valence-electron chi connectivity index (χ0n) is 12.2. The van der Waals surface area contributed by atoms with Crippen LogP contribution in [0.4, 0.5) is 18.9 Å². The number of halogens is 4. The molecule has 1 amide bonds. The molecule has 0 fully saturated rings. The molecule has 0 saturated heterocycles. The Bertz CT molecular complexity index is 672. The van der Waals surface area contributed by atoms with Crippen molar-refractivity contribution in [3.8, 4) is 0 Å².